The fraction of sp³-hybridized carbons (Fsp3) is 0.400. The smallest absolute Gasteiger partial charge is 0.339 e. The summed E-state index contributed by atoms with van der Waals surface area (Å²) in [6.45, 7) is 2.34. The summed E-state index contributed by atoms with van der Waals surface area (Å²) in [6, 6.07) is 6.79. The molecule has 0 aromatic heterocycles. The standard InChI is InChI=1S/C15H18N2O4/c1-10(18)17-8-11(9-17)14(19)16(2)13-7-5-4-6-12(13)15(20)21-3/h4-7,11H,8-9H2,1-3H3. The maximum absolute atomic E-state index is 12.4. The Balaban J connectivity index is 2.14. The number of hydrogen-bond acceptors (Lipinski definition) is 4. The summed E-state index contributed by atoms with van der Waals surface area (Å²) in [5.74, 6) is -0.839. The molecule has 1 aromatic carbocycles. The predicted molar refractivity (Wildman–Crippen MR) is 76.9 cm³/mol. The van der Waals surface area contributed by atoms with Crippen LogP contribution in [-0.4, -0.2) is 49.9 Å². The Morgan fingerprint density at radius 3 is 2.43 bits per heavy atom. The lowest BCUT2D eigenvalue weighted by molar-refractivity contribution is -0.140. The van der Waals surface area contributed by atoms with Crippen molar-refractivity contribution in [3.63, 3.8) is 0 Å². The van der Waals surface area contributed by atoms with Crippen LogP contribution in [0.25, 0.3) is 0 Å². The van der Waals surface area contributed by atoms with E-state index in [0.29, 0.717) is 24.3 Å². The molecule has 0 N–H and O–H groups in total. The monoisotopic (exact) mass is 290 g/mol. The van der Waals surface area contributed by atoms with Crippen molar-refractivity contribution in [1.82, 2.24) is 4.90 Å². The Bertz CT molecular complexity index is 579. The van der Waals surface area contributed by atoms with Crippen LogP contribution in [0.1, 0.15) is 17.3 Å². The number of ether oxygens (including phenoxy) is 1. The van der Waals surface area contributed by atoms with Gasteiger partial charge >= 0.3 is 5.97 Å². The molecule has 1 aliphatic rings. The molecule has 0 saturated carbocycles. The van der Waals surface area contributed by atoms with Crippen LogP contribution in [0.4, 0.5) is 5.69 Å². The summed E-state index contributed by atoms with van der Waals surface area (Å²) in [6.07, 6.45) is 0. The maximum Gasteiger partial charge on any atom is 0.339 e. The number of methoxy groups -OCH3 is 1. The number of esters is 1. The molecule has 1 heterocycles. The van der Waals surface area contributed by atoms with Crippen LogP contribution in [0.3, 0.4) is 0 Å². The maximum atomic E-state index is 12.4. The lowest BCUT2D eigenvalue weighted by atomic mass is 9.98. The van der Waals surface area contributed by atoms with Gasteiger partial charge in [0.05, 0.1) is 24.3 Å². The number of para-hydroxylation sites is 1. The van der Waals surface area contributed by atoms with Crippen molar-refractivity contribution in [3.8, 4) is 0 Å². The van der Waals surface area contributed by atoms with E-state index < -0.39 is 5.97 Å². The fourth-order valence-electron chi connectivity index (χ4n) is 2.33. The molecule has 0 unspecified atom stereocenters. The van der Waals surface area contributed by atoms with Crippen LogP contribution >= 0.6 is 0 Å². The third-order valence-corrected chi connectivity index (χ3v) is 3.68. The predicted octanol–water partition coefficient (Wildman–Crippen LogP) is 0.914. The van der Waals surface area contributed by atoms with Crippen LogP contribution in [0.15, 0.2) is 24.3 Å². The molecule has 1 aliphatic heterocycles. The molecule has 0 radical (unpaired) electrons. The highest BCUT2D eigenvalue weighted by molar-refractivity contribution is 6.03. The molecule has 6 heteroatoms. The summed E-state index contributed by atoms with van der Waals surface area (Å²) < 4.78 is 4.73. The van der Waals surface area contributed by atoms with Gasteiger partial charge in [-0.2, -0.15) is 0 Å². The fourth-order valence-corrected chi connectivity index (χ4v) is 2.33. The van der Waals surface area contributed by atoms with Gasteiger partial charge < -0.3 is 14.5 Å². The zero-order valence-corrected chi connectivity index (χ0v) is 12.3. The Kier molecular flexibility index (Phi) is 4.26. The van der Waals surface area contributed by atoms with Crippen LogP contribution < -0.4 is 4.90 Å². The second-order valence-electron chi connectivity index (χ2n) is 5.03. The lowest BCUT2D eigenvalue weighted by Crippen LogP contribution is -2.55. The number of amides is 2. The van der Waals surface area contributed by atoms with Crippen molar-refractivity contribution in [2.75, 3.05) is 32.1 Å². The normalized spacial score (nSPS) is 14.3. The van der Waals surface area contributed by atoms with Gasteiger partial charge in [0.25, 0.3) is 0 Å². The summed E-state index contributed by atoms with van der Waals surface area (Å²) in [5.41, 5.74) is 0.856. The molecular formula is C15H18N2O4. The van der Waals surface area contributed by atoms with E-state index in [1.54, 1.807) is 36.2 Å². The van der Waals surface area contributed by atoms with Crippen molar-refractivity contribution in [2.45, 2.75) is 6.92 Å². The average molecular weight is 290 g/mol. The molecule has 1 aromatic rings. The van der Waals surface area contributed by atoms with Crippen LogP contribution in [0.2, 0.25) is 0 Å². The molecule has 112 valence electrons. The molecule has 0 aliphatic carbocycles. The summed E-state index contributed by atoms with van der Waals surface area (Å²) in [4.78, 5) is 38.4. The molecule has 21 heavy (non-hydrogen) atoms. The second kappa shape index (κ2) is 5.95. The van der Waals surface area contributed by atoms with E-state index in [0.717, 1.165) is 0 Å². The zero-order valence-electron chi connectivity index (χ0n) is 12.3. The van der Waals surface area contributed by atoms with Crippen LogP contribution in [0, 0.1) is 5.92 Å². The highest BCUT2D eigenvalue weighted by atomic mass is 16.5. The van der Waals surface area contributed by atoms with E-state index in [2.05, 4.69) is 0 Å². The number of rotatable bonds is 3. The van der Waals surface area contributed by atoms with Gasteiger partial charge in [-0.1, -0.05) is 12.1 Å². The number of benzene rings is 1. The third kappa shape index (κ3) is 2.89. The minimum absolute atomic E-state index is 0.0309. The minimum atomic E-state index is -0.482. The lowest BCUT2D eigenvalue weighted by Gasteiger charge is -2.39. The first-order chi connectivity index (χ1) is 9.95. The van der Waals surface area contributed by atoms with Crippen molar-refractivity contribution in [3.05, 3.63) is 29.8 Å². The van der Waals surface area contributed by atoms with Crippen molar-refractivity contribution in [2.24, 2.45) is 5.92 Å². The molecule has 0 spiro atoms. The van der Waals surface area contributed by atoms with Gasteiger partial charge in [0.1, 0.15) is 0 Å². The van der Waals surface area contributed by atoms with Gasteiger partial charge in [-0.25, -0.2) is 4.79 Å². The Morgan fingerprint density at radius 1 is 1.24 bits per heavy atom. The number of likely N-dealkylation sites (tertiary alicyclic amines) is 1. The molecule has 6 nitrogen and oxygen atoms in total. The van der Waals surface area contributed by atoms with E-state index in [9.17, 15) is 14.4 Å². The largest absolute Gasteiger partial charge is 0.465 e. The molecule has 0 bridgehead atoms. The van der Waals surface area contributed by atoms with E-state index in [1.165, 1.54) is 18.9 Å². The first-order valence-electron chi connectivity index (χ1n) is 6.66. The van der Waals surface area contributed by atoms with Gasteiger partial charge in [-0.3, -0.25) is 9.59 Å². The van der Waals surface area contributed by atoms with E-state index in [4.69, 9.17) is 4.74 Å². The number of nitrogens with zero attached hydrogens (tertiary/aromatic N) is 2. The average Bonchev–Trinajstić information content (AvgIpc) is 2.43. The van der Waals surface area contributed by atoms with E-state index in [-0.39, 0.29) is 17.7 Å². The first kappa shape index (κ1) is 15.0. The topological polar surface area (TPSA) is 66.9 Å². The number of carbonyl (C=O) groups excluding carboxylic acids is 3. The quantitative estimate of drug-likeness (QED) is 0.776. The summed E-state index contributed by atoms with van der Waals surface area (Å²) in [7, 11) is 2.93. The number of hydrogen-bond donors (Lipinski definition) is 0. The third-order valence-electron chi connectivity index (χ3n) is 3.68. The highest BCUT2D eigenvalue weighted by Crippen LogP contribution is 2.24. The van der Waals surface area contributed by atoms with Gasteiger partial charge in [0.2, 0.25) is 11.8 Å². The summed E-state index contributed by atoms with van der Waals surface area (Å²) in [5, 5.41) is 0. The van der Waals surface area contributed by atoms with Gasteiger partial charge in [-0.05, 0) is 12.1 Å². The van der Waals surface area contributed by atoms with E-state index >= 15 is 0 Å². The Labute approximate surface area is 123 Å². The second-order valence-corrected chi connectivity index (χ2v) is 5.03. The molecule has 0 atom stereocenters. The molecule has 1 saturated heterocycles. The molecule has 2 rings (SSSR count). The minimum Gasteiger partial charge on any atom is -0.465 e. The van der Waals surface area contributed by atoms with Crippen molar-refractivity contribution in [1.29, 1.82) is 0 Å². The van der Waals surface area contributed by atoms with Gasteiger partial charge in [0.15, 0.2) is 0 Å². The van der Waals surface area contributed by atoms with Crippen LogP contribution in [-0.2, 0) is 14.3 Å². The SMILES string of the molecule is COC(=O)c1ccccc1N(C)C(=O)C1CN(C(C)=O)C1. The first-order valence-corrected chi connectivity index (χ1v) is 6.66. The number of anilines is 1. The van der Waals surface area contributed by atoms with Crippen LogP contribution in [0.5, 0.6) is 0 Å². The van der Waals surface area contributed by atoms with Gasteiger partial charge in [-0.15, -0.1) is 0 Å². The Hall–Kier alpha value is -2.37. The van der Waals surface area contributed by atoms with Gasteiger partial charge in [0, 0.05) is 27.1 Å². The number of carbonyl (C=O) groups is 3. The van der Waals surface area contributed by atoms with Crippen molar-refractivity contribution >= 4 is 23.5 Å². The summed E-state index contributed by atoms with van der Waals surface area (Å²) >= 11 is 0. The molecule has 1 fully saturated rings. The highest BCUT2D eigenvalue weighted by Gasteiger charge is 2.36. The van der Waals surface area contributed by atoms with E-state index in [1.807, 2.05) is 0 Å². The zero-order chi connectivity index (χ0) is 15.6. The van der Waals surface area contributed by atoms with Crippen molar-refractivity contribution < 1.29 is 19.1 Å². The molecule has 2 amide bonds. The molecular weight excluding hydrogens is 272 g/mol. The Morgan fingerprint density at radius 2 is 1.86 bits per heavy atom.